The smallest absolute Gasteiger partial charge is 0.232 e. The third-order valence-electron chi connectivity index (χ3n) is 4.21. The summed E-state index contributed by atoms with van der Waals surface area (Å²) < 4.78 is 6.60. The van der Waals surface area contributed by atoms with Gasteiger partial charge in [-0.3, -0.25) is 4.79 Å². The molecule has 0 bridgehead atoms. The number of ether oxygens (including phenoxy) is 1. The van der Waals surface area contributed by atoms with Crippen LogP contribution in [0.25, 0.3) is 0 Å². The fraction of sp³-hybridized carbons (Fsp3) is 0.562. The summed E-state index contributed by atoms with van der Waals surface area (Å²) in [7, 11) is 0. The van der Waals surface area contributed by atoms with Gasteiger partial charge in [0.05, 0.1) is 5.25 Å². The van der Waals surface area contributed by atoms with Crippen LogP contribution in [-0.2, 0) is 14.9 Å². The molecule has 1 fully saturated rings. The Balaban J connectivity index is 2.16. The van der Waals surface area contributed by atoms with Crippen LogP contribution in [0.3, 0.4) is 0 Å². The van der Waals surface area contributed by atoms with E-state index >= 15 is 0 Å². The summed E-state index contributed by atoms with van der Waals surface area (Å²) in [5.41, 5.74) is 1.26. The molecule has 1 heterocycles. The van der Waals surface area contributed by atoms with Crippen LogP contribution < -0.4 is 5.32 Å². The number of nitrogens with one attached hydrogen (secondary N) is 1. The van der Waals surface area contributed by atoms with Crippen molar-refractivity contribution >= 4 is 33.6 Å². The van der Waals surface area contributed by atoms with E-state index in [9.17, 15) is 4.79 Å². The molecule has 1 atom stereocenters. The summed E-state index contributed by atoms with van der Waals surface area (Å²) >= 11 is 5.12. The number of thioether (sulfide) groups is 1. The fourth-order valence-electron chi connectivity index (χ4n) is 2.66. The second-order valence-corrected chi connectivity index (χ2v) is 7.59. The highest BCUT2D eigenvalue weighted by Crippen LogP contribution is 2.35. The molecule has 0 unspecified atom stereocenters. The molecule has 0 aromatic heterocycles. The summed E-state index contributed by atoms with van der Waals surface area (Å²) in [6.07, 6.45) is 3.84. The van der Waals surface area contributed by atoms with Gasteiger partial charge in [0.25, 0.3) is 0 Å². The number of hydrogen-bond donors (Lipinski definition) is 1. The van der Waals surface area contributed by atoms with Crippen LogP contribution in [0.1, 0.15) is 25.3 Å². The van der Waals surface area contributed by atoms with Crippen molar-refractivity contribution in [1.82, 2.24) is 5.32 Å². The molecule has 0 radical (unpaired) electrons. The van der Waals surface area contributed by atoms with Gasteiger partial charge < -0.3 is 10.1 Å². The molecule has 5 heteroatoms. The molecule has 1 aliphatic heterocycles. The lowest BCUT2D eigenvalue weighted by Crippen LogP contribution is -2.46. The minimum Gasteiger partial charge on any atom is -0.381 e. The van der Waals surface area contributed by atoms with E-state index in [-0.39, 0.29) is 16.6 Å². The quantitative estimate of drug-likeness (QED) is 0.861. The summed E-state index contributed by atoms with van der Waals surface area (Å²) in [4.78, 5) is 12.1. The van der Waals surface area contributed by atoms with Crippen LogP contribution in [0.4, 0.5) is 0 Å². The predicted molar refractivity (Wildman–Crippen MR) is 91.9 cm³/mol. The molecule has 1 aromatic rings. The normalized spacial score (nSPS) is 19.0. The van der Waals surface area contributed by atoms with Crippen LogP contribution in [0.15, 0.2) is 28.7 Å². The molecule has 0 spiro atoms. The standard InChI is InChI=1S/C16H22BrNO2S/c1-12(21-2)15(19)18-11-16(6-8-20-9-7-16)13-4-3-5-14(17)10-13/h3-5,10,12H,6-9,11H2,1-2H3,(H,18,19)/t12-/m0/s1. The number of carbonyl (C=O) groups is 1. The van der Waals surface area contributed by atoms with E-state index in [2.05, 4.69) is 39.4 Å². The average molecular weight is 372 g/mol. The molecule has 1 aliphatic rings. The zero-order chi connectivity index (χ0) is 15.3. The van der Waals surface area contributed by atoms with E-state index in [4.69, 9.17) is 4.74 Å². The van der Waals surface area contributed by atoms with E-state index < -0.39 is 0 Å². The Hall–Kier alpha value is -0.520. The first-order chi connectivity index (χ1) is 10.1. The van der Waals surface area contributed by atoms with Crippen molar-refractivity contribution < 1.29 is 9.53 Å². The second kappa shape index (κ2) is 7.65. The second-order valence-electron chi connectivity index (χ2n) is 5.50. The first-order valence-electron chi connectivity index (χ1n) is 7.22. The van der Waals surface area contributed by atoms with E-state index in [0.29, 0.717) is 6.54 Å². The molecule has 2 rings (SSSR count). The highest BCUT2D eigenvalue weighted by atomic mass is 79.9. The maximum atomic E-state index is 12.1. The Morgan fingerprint density at radius 2 is 2.19 bits per heavy atom. The Labute approximate surface area is 139 Å². The first kappa shape index (κ1) is 16.8. The number of hydrogen-bond acceptors (Lipinski definition) is 3. The SMILES string of the molecule is CS[C@@H](C)C(=O)NCC1(c2cccc(Br)c2)CCOCC1. The van der Waals surface area contributed by atoms with Crippen molar-refractivity contribution in [3.05, 3.63) is 34.3 Å². The van der Waals surface area contributed by atoms with Gasteiger partial charge in [0, 0.05) is 29.6 Å². The molecule has 1 amide bonds. The monoisotopic (exact) mass is 371 g/mol. The molecule has 0 aliphatic carbocycles. The minimum absolute atomic E-state index is 0.00981. The molecule has 3 nitrogen and oxygen atoms in total. The van der Waals surface area contributed by atoms with Crippen molar-refractivity contribution in [2.75, 3.05) is 26.0 Å². The first-order valence-corrected chi connectivity index (χ1v) is 9.30. The zero-order valence-electron chi connectivity index (χ0n) is 12.5. The van der Waals surface area contributed by atoms with Gasteiger partial charge in [0.1, 0.15) is 0 Å². The van der Waals surface area contributed by atoms with E-state index in [1.165, 1.54) is 5.56 Å². The number of amides is 1. The molecule has 1 saturated heterocycles. The fourth-order valence-corrected chi connectivity index (χ4v) is 3.35. The molecule has 0 saturated carbocycles. The largest absolute Gasteiger partial charge is 0.381 e. The van der Waals surface area contributed by atoms with Gasteiger partial charge in [-0.1, -0.05) is 28.1 Å². The Bertz CT molecular complexity index is 489. The van der Waals surface area contributed by atoms with Crippen LogP contribution in [0.2, 0.25) is 0 Å². The topological polar surface area (TPSA) is 38.3 Å². The third-order valence-corrected chi connectivity index (χ3v) is 5.63. The van der Waals surface area contributed by atoms with Gasteiger partial charge in [-0.05, 0) is 43.7 Å². The van der Waals surface area contributed by atoms with Gasteiger partial charge in [-0.2, -0.15) is 11.8 Å². The van der Waals surface area contributed by atoms with E-state index in [1.807, 2.05) is 19.2 Å². The number of carbonyl (C=O) groups excluding carboxylic acids is 1. The molecule has 1 aromatic carbocycles. The third kappa shape index (κ3) is 4.24. The van der Waals surface area contributed by atoms with E-state index in [0.717, 1.165) is 30.5 Å². The van der Waals surface area contributed by atoms with E-state index in [1.54, 1.807) is 11.8 Å². The highest BCUT2D eigenvalue weighted by Gasteiger charge is 2.35. The van der Waals surface area contributed by atoms with Crippen molar-refractivity contribution in [2.45, 2.75) is 30.4 Å². The van der Waals surface area contributed by atoms with Gasteiger partial charge in [-0.15, -0.1) is 0 Å². The molecule has 1 N–H and O–H groups in total. The van der Waals surface area contributed by atoms with Gasteiger partial charge in [0.2, 0.25) is 5.91 Å². The maximum Gasteiger partial charge on any atom is 0.232 e. The number of benzene rings is 1. The van der Waals surface area contributed by atoms with Gasteiger partial charge in [0.15, 0.2) is 0 Å². The Kier molecular flexibility index (Phi) is 6.14. The number of rotatable bonds is 5. The van der Waals surface area contributed by atoms with Crippen LogP contribution in [0.5, 0.6) is 0 Å². The zero-order valence-corrected chi connectivity index (χ0v) is 14.9. The number of halogens is 1. The van der Waals surface area contributed by atoms with Crippen molar-refractivity contribution in [3.63, 3.8) is 0 Å². The Morgan fingerprint density at radius 3 is 2.81 bits per heavy atom. The predicted octanol–water partition coefficient (Wildman–Crippen LogP) is 3.37. The molecule has 21 heavy (non-hydrogen) atoms. The average Bonchev–Trinajstić information content (AvgIpc) is 2.52. The minimum atomic E-state index is -0.0180. The summed E-state index contributed by atoms with van der Waals surface area (Å²) in [5.74, 6) is 0.114. The Morgan fingerprint density at radius 1 is 1.48 bits per heavy atom. The lowest BCUT2D eigenvalue weighted by molar-refractivity contribution is -0.120. The molecular weight excluding hydrogens is 350 g/mol. The molecule has 116 valence electrons. The maximum absolute atomic E-state index is 12.1. The lowest BCUT2D eigenvalue weighted by atomic mass is 9.74. The summed E-state index contributed by atoms with van der Waals surface area (Å²) in [6.45, 7) is 4.12. The highest BCUT2D eigenvalue weighted by molar-refractivity contribution is 9.10. The van der Waals surface area contributed by atoms with Crippen LogP contribution in [0, 0.1) is 0 Å². The van der Waals surface area contributed by atoms with Gasteiger partial charge in [-0.25, -0.2) is 0 Å². The lowest BCUT2D eigenvalue weighted by Gasteiger charge is -2.38. The summed E-state index contributed by atoms with van der Waals surface area (Å²) in [6, 6.07) is 8.41. The molecular formula is C16H22BrNO2S. The summed E-state index contributed by atoms with van der Waals surface area (Å²) in [5, 5.41) is 3.12. The van der Waals surface area contributed by atoms with Crippen molar-refractivity contribution in [1.29, 1.82) is 0 Å². The van der Waals surface area contributed by atoms with Gasteiger partial charge >= 0.3 is 0 Å². The van der Waals surface area contributed by atoms with Crippen LogP contribution in [-0.4, -0.2) is 37.2 Å². The van der Waals surface area contributed by atoms with Crippen molar-refractivity contribution in [2.24, 2.45) is 0 Å². The van der Waals surface area contributed by atoms with Crippen molar-refractivity contribution in [3.8, 4) is 0 Å². The van der Waals surface area contributed by atoms with Crippen LogP contribution >= 0.6 is 27.7 Å².